The van der Waals surface area contributed by atoms with Crippen molar-refractivity contribution in [2.75, 3.05) is 27.4 Å². The summed E-state index contributed by atoms with van der Waals surface area (Å²) in [6.45, 7) is 6.42. The van der Waals surface area contributed by atoms with E-state index in [-0.39, 0.29) is 19.1 Å². The van der Waals surface area contributed by atoms with Gasteiger partial charge in [-0.1, -0.05) is 24.3 Å². The molecule has 170 valence electrons. The quantitative estimate of drug-likeness (QED) is 0.419. The molecule has 0 atom stereocenters. The Morgan fingerprint density at radius 1 is 1.15 bits per heavy atom. The van der Waals surface area contributed by atoms with Gasteiger partial charge < -0.3 is 19.1 Å². The van der Waals surface area contributed by atoms with Crippen molar-refractivity contribution >= 4 is 22.8 Å². The van der Waals surface area contributed by atoms with Gasteiger partial charge in [0.25, 0.3) is 5.91 Å². The number of carbonyl (C=O) groups is 2. The standard InChI is InChI=1S/C26H26N2O5/c1-5-12-33-26(30)24-19-13-16(2)6-9-21(19)27-22-10-11-28(15-20(22)24)25(29)18-8-7-17(31-3)14-23(18)32-4/h5-9,13-14H,1,10-12,15H2,2-4H3. The number of pyridine rings is 1. The zero-order valence-corrected chi connectivity index (χ0v) is 19.0. The molecule has 2 heterocycles. The van der Waals surface area contributed by atoms with Gasteiger partial charge in [0, 0.05) is 42.2 Å². The SMILES string of the molecule is C=CCOC(=O)c1c2c(nc3ccc(C)cc13)CCN(C(=O)c1ccc(OC)cc1OC)C2. The second-order valence-corrected chi connectivity index (χ2v) is 7.86. The van der Waals surface area contributed by atoms with Gasteiger partial charge in [-0.15, -0.1) is 0 Å². The zero-order valence-electron chi connectivity index (χ0n) is 19.0. The number of ether oxygens (including phenoxy) is 3. The minimum Gasteiger partial charge on any atom is -0.497 e. The largest absolute Gasteiger partial charge is 0.497 e. The van der Waals surface area contributed by atoms with E-state index in [2.05, 4.69) is 6.58 Å². The highest BCUT2D eigenvalue weighted by Crippen LogP contribution is 2.32. The average molecular weight is 447 g/mol. The predicted octanol–water partition coefficient (Wildman–Crippen LogP) is 4.10. The summed E-state index contributed by atoms with van der Waals surface area (Å²) < 4.78 is 16.1. The van der Waals surface area contributed by atoms with E-state index < -0.39 is 5.97 Å². The minimum atomic E-state index is -0.444. The average Bonchev–Trinajstić information content (AvgIpc) is 2.84. The smallest absolute Gasteiger partial charge is 0.339 e. The third-order valence-corrected chi connectivity index (χ3v) is 5.76. The Balaban J connectivity index is 1.77. The van der Waals surface area contributed by atoms with Gasteiger partial charge in [-0.25, -0.2) is 4.79 Å². The molecule has 4 rings (SSSR count). The van der Waals surface area contributed by atoms with Gasteiger partial charge in [-0.05, 0) is 31.2 Å². The lowest BCUT2D eigenvalue weighted by molar-refractivity contribution is 0.0544. The first-order valence-corrected chi connectivity index (χ1v) is 10.7. The first-order chi connectivity index (χ1) is 16.0. The highest BCUT2D eigenvalue weighted by atomic mass is 16.5. The summed E-state index contributed by atoms with van der Waals surface area (Å²) in [5.74, 6) is 0.407. The highest BCUT2D eigenvalue weighted by molar-refractivity contribution is 6.05. The Kier molecular flexibility index (Phi) is 6.31. The van der Waals surface area contributed by atoms with Crippen LogP contribution in [0.25, 0.3) is 10.9 Å². The maximum atomic E-state index is 13.4. The fourth-order valence-corrected chi connectivity index (χ4v) is 4.11. The molecule has 1 aromatic heterocycles. The fraction of sp³-hybridized carbons (Fsp3) is 0.269. The first-order valence-electron chi connectivity index (χ1n) is 10.7. The van der Waals surface area contributed by atoms with Crippen molar-refractivity contribution in [3.05, 3.63) is 77.0 Å². The Morgan fingerprint density at radius 3 is 2.70 bits per heavy atom. The van der Waals surface area contributed by atoms with Gasteiger partial charge in [0.05, 0.1) is 30.9 Å². The summed E-state index contributed by atoms with van der Waals surface area (Å²) >= 11 is 0. The van der Waals surface area contributed by atoms with Crippen LogP contribution < -0.4 is 9.47 Å². The Bertz CT molecular complexity index is 1250. The first kappa shape index (κ1) is 22.3. The molecule has 0 spiro atoms. The van der Waals surface area contributed by atoms with Crippen LogP contribution in [0.15, 0.2) is 49.1 Å². The molecule has 7 nitrogen and oxygen atoms in total. The monoisotopic (exact) mass is 446 g/mol. The predicted molar refractivity (Wildman–Crippen MR) is 125 cm³/mol. The molecular formula is C26H26N2O5. The van der Waals surface area contributed by atoms with Crippen molar-refractivity contribution in [2.24, 2.45) is 0 Å². The molecule has 7 heteroatoms. The number of hydrogen-bond donors (Lipinski definition) is 0. The lowest BCUT2D eigenvalue weighted by Crippen LogP contribution is -2.37. The van der Waals surface area contributed by atoms with Crippen molar-refractivity contribution in [2.45, 2.75) is 19.9 Å². The molecule has 0 saturated carbocycles. The molecule has 3 aromatic rings. The van der Waals surface area contributed by atoms with Gasteiger partial charge in [-0.2, -0.15) is 0 Å². The summed E-state index contributed by atoms with van der Waals surface area (Å²) in [5, 5.41) is 0.721. The number of carbonyl (C=O) groups excluding carboxylic acids is 2. The van der Waals surface area contributed by atoms with Crippen LogP contribution in [-0.2, 0) is 17.7 Å². The molecule has 0 radical (unpaired) electrons. The zero-order chi connectivity index (χ0) is 23.5. The van der Waals surface area contributed by atoms with E-state index in [1.165, 1.54) is 13.2 Å². The maximum absolute atomic E-state index is 13.4. The number of esters is 1. The second kappa shape index (κ2) is 9.32. The molecule has 2 aromatic carbocycles. The van der Waals surface area contributed by atoms with Crippen LogP contribution in [0, 0.1) is 6.92 Å². The van der Waals surface area contributed by atoms with Crippen LogP contribution in [0.2, 0.25) is 0 Å². The van der Waals surface area contributed by atoms with Crippen LogP contribution in [0.4, 0.5) is 0 Å². The molecule has 33 heavy (non-hydrogen) atoms. The molecule has 0 unspecified atom stereocenters. The third-order valence-electron chi connectivity index (χ3n) is 5.76. The number of methoxy groups -OCH3 is 2. The molecule has 0 fully saturated rings. The molecule has 1 amide bonds. The molecule has 0 N–H and O–H groups in total. The van der Waals surface area contributed by atoms with Crippen molar-refractivity contribution in [1.29, 1.82) is 0 Å². The lowest BCUT2D eigenvalue weighted by atomic mass is 9.94. The van der Waals surface area contributed by atoms with Gasteiger partial charge in [0.1, 0.15) is 18.1 Å². The maximum Gasteiger partial charge on any atom is 0.339 e. The minimum absolute atomic E-state index is 0.106. The van der Waals surface area contributed by atoms with E-state index in [4.69, 9.17) is 19.2 Å². The van der Waals surface area contributed by atoms with Gasteiger partial charge in [0.15, 0.2) is 0 Å². The van der Waals surface area contributed by atoms with E-state index in [1.54, 1.807) is 30.2 Å². The molecule has 1 aliphatic heterocycles. The van der Waals surface area contributed by atoms with Gasteiger partial charge in [-0.3, -0.25) is 9.78 Å². The molecule has 1 aliphatic rings. The number of aryl methyl sites for hydroxylation is 1. The number of fused-ring (bicyclic) bond motifs is 2. The number of nitrogens with zero attached hydrogens (tertiary/aromatic N) is 2. The topological polar surface area (TPSA) is 78.0 Å². The third kappa shape index (κ3) is 4.26. The lowest BCUT2D eigenvalue weighted by Gasteiger charge is -2.30. The van der Waals surface area contributed by atoms with E-state index in [0.29, 0.717) is 41.2 Å². The summed E-state index contributed by atoms with van der Waals surface area (Å²) in [5.41, 5.74) is 4.16. The molecule has 0 saturated heterocycles. The number of hydrogen-bond acceptors (Lipinski definition) is 6. The van der Waals surface area contributed by atoms with E-state index in [0.717, 1.165) is 22.2 Å². The van der Waals surface area contributed by atoms with Gasteiger partial charge in [0.2, 0.25) is 0 Å². The van der Waals surface area contributed by atoms with Crippen LogP contribution in [-0.4, -0.2) is 49.1 Å². The molecule has 0 bridgehead atoms. The van der Waals surface area contributed by atoms with Crippen molar-refractivity contribution in [3.63, 3.8) is 0 Å². The van der Waals surface area contributed by atoms with Crippen LogP contribution in [0.3, 0.4) is 0 Å². The summed E-state index contributed by atoms with van der Waals surface area (Å²) in [4.78, 5) is 33.0. The Labute approximate surface area is 192 Å². The van der Waals surface area contributed by atoms with Crippen molar-refractivity contribution < 1.29 is 23.8 Å². The van der Waals surface area contributed by atoms with Crippen LogP contribution >= 0.6 is 0 Å². The Morgan fingerprint density at radius 2 is 1.97 bits per heavy atom. The van der Waals surface area contributed by atoms with Crippen LogP contribution in [0.5, 0.6) is 11.5 Å². The highest BCUT2D eigenvalue weighted by Gasteiger charge is 2.30. The summed E-state index contributed by atoms with van der Waals surface area (Å²) in [7, 11) is 3.08. The summed E-state index contributed by atoms with van der Waals surface area (Å²) in [6, 6.07) is 10.9. The molecular weight excluding hydrogens is 420 g/mol. The van der Waals surface area contributed by atoms with E-state index in [9.17, 15) is 9.59 Å². The van der Waals surface area contributed by atoms with Gasteiger partial charge >= 0.3 is 5.97 Å². The Hall–Kier alpha value is -3.87. The normalized spacial score (nSPS) is 12.8. The number of amides is 1. The number of benzene rings is 2. The number of rotatable bonds is 6. The number of aromatic nitrogens is 1. The van der Waals surface area contributed by atoms with E-state index >= 15 is 0 Å². The molecule has 0 aliphatic carbocycles. The van der Waals surface area contributed by atoms with Crippen molar-refractivity contribution in [1.82, 2.24) is 9.88 Å². The second-order valence-electron chi connectivity index (χ2n) is 7.86. The van der Waals surface area contributed by atoms with Crippen molar-refractivity contribution in [3.8, 4) is 11.5 Å². The van der Waals surface area contributed by atoms with Crippen LogP contribution in [0.1, 0.15) is 37.5 Å². The fourth-order valence-electron chi connectivity index (χ4n) is 4.11. The summed E-state index contributed by atoms with van der Waals surface area (Å²) in [6.07, 6.45) is 2.07. The van der Waals surface area contributed by atoms with E-state index in [1.807, 2.05) is 25.1 Å².